The Morgan fingerprint density at radius 1 is 1.06 bits per heavy atom. The Labute approximate surface area is 109 Å². The van der Waals surface area contributed by atoms with Gasteiger partial charge in [-0.1, -0.05) is 19.3 Å². The lowest BCUT2D eigenvalue weighted by Gasteiger charge is -2.32. The number of hydrogen-bond acceptors (Lipinski definition) is 3. The maximum Gasteiger partial charge on any atom is 0.242 e. The van der Waals surface area contributed by atoms with E-state index in [1.165, 1.54) is 0 Å². The van der Waals surface area contributed by atoms with Gasteiger partial charge < -0.3 is 16.4 Å². The summed E-state index contributed by atoms with van der Waals surface area (Å²) in [6.07, 6.45) is 4.51. The molecular formula is C13H25N3O2. The fourth-order valence-electron chi connectivity index (χ4n) is 2.23. The lowest BCUT2D eigenvalue weighted by atomic mass is 9.82. The summed E-state index contributed by atoms with van der Waals surface area (Å²) in [4.78, 5) is 23.8. The Morgan fingerprint density at radius 2 is 1.61 bits per heavy atom. The SMILES string of the molecule is CC(C)NC(=O)C(C)NC(=O)C1(N)CCCCC1. The number of hydrogen-bond donors (Lipinski definition) is 3. The lowest BCUT2D eigenvalue weighted by Crippen LogP contribution is -2.59. The van der Waals surface area contributed by atoms with Crippen LogP contribution in [-0.4, -0.2) is 29.4 Å². The third kappa shape index (κ3) is 3.98. The van der Waals surface area contributed by atoms with Crippen molar-refractivity contribution in [2.75, 3.05) is 0 Å². The maximum absolute atomic E-state index is 12.1. The van der Waals surface area contributed by atoms with Gasteiger partial charge in [0.15, 0.2) is 0 Å². The van der Waals surface area contributed by atoms with Crippen molar-refractivity contribution in [3.05, 3.63) is 0 Å². The van der Waals surface area contributed by atoms with Gasteiger partial charge in [0.25, 0.3) is 0 Å². The summed E-state index contributed by atoms with van der Waals surface area (Å²) in [5, 5.41) is 5.49. The topological polar surface area (TPSA) is 84.2 Å². The molecule has 5 nitrogen and oxygen atoms in total. The van der Waals surface area contributed by atoms with Gasteiger partial charge in [-0.15, -0.1) is 0 Å². The first-order valence-corrected chi connectivity index (χ1v) is 6.75. The van der Waals surface area contributed by atoms with Crippen LogP contribution >= 0.6 is 0 Å². The highest BCUT2D eigenvalue weighted by atomic mass is 16.2. The summed E-state index contributed by atoms with van der Waals surface area (Å²) in [5.41, 5.74) is 5.32. The van der Waals surface area contributed by atoms with Crippen LogP contribution in [0.5, 0.6) is 0 Å². The molecule has 0 saturated heterocycles. The molecule has 0 bridgehead atoms. The molecule has 1 rings (SSSR count). The second-order valence-corrected chi connectivity index (χ2v) is 5.58. The fraction of sp³-hybridized carbons (Fsp3) is 0.846. The van der Waals surface area contributed by atoms with Gasteiger partial charge in [-0.3, -0.25) is 9.59 Å². The van der Waals surface area contributed by atoms with Crippen molar-refractivity contribution in [1.29, 1.82) is 0 Å². The van der Waals surface area contributed by atoms with E-state index in [9.17, 15) is 9.59 Å². The number of nitrogens with two attached hydrogens (primary N) is 1. The number of carbonyl (C=O) groups excluding carboxylic acids is 2. The largest absolute Gasteiger partial charge is 0.352 e. The molecule has 104 valence electrons. The average molecular weight is 255 g/mol. The summed E-state index contributed by atoms with van der Waals surface area (Å²) >= 11 is 0. The number of nitrogens with one attached hydrogen (secondary N) is 2. The predicted molar refractivity (Wildman–Crippen MR) is 70.9 cm³/mol. The molecule has 0 aromatic carbocycles. The first kappa shape index (κ1) is 15.0. The van der Waals surface area contributed by atoms with Crippen LogP contribution in [0.3, 0.4) is 0 Å². The van der Waals surface area contributed by atoms with Gasteiger partial charge in [-0.2, -0.15) is 0 Å². The lowest BCUT2D eigenvalue weighted by molar-refractivity contribution is -0.132. The van der Waals surface area contributed by atoms with Gasteiger partial charge in [0.2, 0.25) is 11.8 Å². The molecule has 1 aliphatic rings. The van der Waals surface area contributed by atoms with E-state index >= 15 is 0 Å². The molecule has 0 heterocycles. The quantitative estimate of drug-likeness (QED) is 0.690. The summed E-state index contributed by atoms with van der Waals surface area (Å²) in [6.45, 7) is 5.46. The average Bonchev–Trinajstić information content (AvgIpc) is 2.28. The second kappa shape index (κ2) is 6.18. The highest BCUT2D eigenvalue weighted by Gasteiger charge is 2.36. The van der Waals surface area contributed by atoms with E-state index in [0.717, 1.165) is 19.3 Å². The van der Waals surface area contributed by atoms with E-state index in [-0.39, 0.29) is 17.9 Å². The Morgan fingerprint density at radius 3 is 2.11 bits per heavy atom. The predicted octanol–water partition coefficient (Wildman–Crippen LogP) is 0.677. The summed E-state index contributed by atoms with van der Waals surface area (Å²) < 4.78 is 0. The number of amides is 2. The Hall–Kier alpha value is -1.10. The van der Waals surface area contributed by atoms with Crippen molar-refractivity contribution in [2.45, 2.75) is 70.5 Å². The van der Waals surface area contributed by atoms with Crippen LogP contribution in [0.2, 0.25) is 0 Å². The molecule has 0 aliphatic heterocycles. The molecular weight excluding hydrogens is 230 g/mol. The van der Waals surface area contributed by atoms with Crippen molar-refractivity contribution in [2.24, 2.45) is 5.73 Å². The smallest absolute Gasteiger partial charge is 0.242 e. The molecule has 1 atom stereocenters. The van der Waals surface area contributed by atoms with Crippen LogP contribution in [0.15, 0.2) is 0 Å². The molecule has 0 spiro atoms. The minimum atomic E-state index is -0.787. The highest BCUT2D eigenvalue weighted by Crippen LogP contribution is 2.26. The van der Waals surface area contributed by atoms with Crippen molar-refractivity contribution in [1.82, 2.24) is 10.6 Å². The van der Waals surface area contributed by atoms with Crippen LogP contribution in [0.1, 0.15) is 52.9 Å². The van der Waals surface area contributed by atoms with Crippen molar-refractivity contribution in [3.8, 4) is 0 Å². The van der Waals surface area contributed by atoms with Crippen LogP contribution in [0, 0.1) is 0 Å². The zero-order chi connectivity index (χ0) is 13.8. The second-order valence-electron chi connectivity index (χ2n) is 5.58. The number of carbonyl (C=O) groups is 2. The summed E-state index contributed by atoms with van der Waals surface area (Å²) in [7, 11) is 0. The zero-order valence-corrected chi connectivity index (χ0v) is 11.6. The van der Waals surface area contributed by atoms with E-state index in [4.69, 9.17) is 5.73 Å². The van der Waals surface area contributed by atoms with E-state index < -0.39 is 11.6 Å². The van der Waals surface area contributed by atoms with Gasteiger partial charge in [0, 0.05) is 6.04 Å². The molecule has 0 aromatic heterocycles. The molecule has 1 aliphatic carbocycles. The van der Waals surface area contributed by atoms with E-state index in [0.29, 0.717) is 12.8 Å². The molecule has 1 saturated carbocycles. The van der Waals surface area contributed by atoms with Gasteiger partial charge >= 0.3 is 0 Å². The van der Waals surface area contributed by atoms with Crippen LogP contribution < -0.4 is 16.4 Å². The van der Waals surface area contributed by atoms with Crippen molar-refractivity contribution >= 4 is 11.8 Å². The molecule has 1 fully saturated rings. The first-order valence-electron chi connectivity index (χ1n) is 6.75. The van der Waals surface area contributed by atoms with Crippen LogP contribution in [-0.2, 0) is 9.59 Å². The van der Waals surface area contributed by atoms with E-state index in [1.807, 2.05) is 13.8 Å². The normalized spacial score (nSPS) is 20.3. The Balaban J connectivity index is 2.50. The first-order chi connectivity index (χ1) is 8.35. The van der Waals surface area contributed by atoms with Crippen molar-refractivity contribution < 1.29 is 9.59 Å². The van der Waals surface area contributed by atoms with E-state index in [1.54, 1.807) is 6.92 Å². The van der Waals surface area contributed by atoms with E-state index in [2.05, 4.69) is 10.6 Å². The molecule has 4 N–H and O–H groups in total. The summed E-state index contributed by atoms with van der Waals surface area (Å²) in [6, 6.07) is -0.472. The zero-order valence-electron chi connectivity index (χ0n) is 11.6. The summed E-state index contributed by atoms with van der Waals surface area (Å²) in [5.74, 6) is -0.369. The van der Waals surface area contributed by atoms with Gasteiger partial charge in [0.1, 0.15) is 6.04 Å². The van der Waals surface area contributed by atoms with Gasteiger partial charge in [-0.25, -0.2) is 0 Å². The third-order valence-electron chi connectivity index (χ3n) is 3.37. The third-order valence-corrected chi connectivity index (χ3v) is 3.37. The molecule has 18 heavy (non-hydrogen) atoms. The highest BCUT2D eigenvalue weighted by molar-refractivity contribution is 5.91. The molecule has 0 aromatic rings. The number of rotatable bonds is 4. The van der Waals surface area contributed by atoms with Crippen molar-refractivity contribution in [3.63, 3.8) is 0 Å². The molecule has 2 amide bonds. The minimum absolute atomic E-state index is 0.0679. The van der Waals surface area contributed by atoms with Crippen LogP contribution in [0.4, 0.5) is 0 Å². The monoisotopic (exact) mass is 255 g/mol. The fourth-order valence-corrected chi connectivity index (χ4v) is 2.23. The Kier molecular flexibility index (Phi) is 5.14. The minimum Gasteiger partial charge on any atom is -0.352 e. The Bertz CT molecular complexity index is 309. The van der Waals surface area contributed by atoms with Crippen LogP contribution in [0.25, 0.3) is 0 Å². The molecule has 5 heteroatoms. The standard InChI is InChI=1S/C13H25N3O2/c1-9(2)15-11(17)10(3)16-12(18)13(14)7-5-4-6-8-13/h9-10H,4-8,14H2,1-3H3,(H,15,17)(H,16,18). The molecule has 1 unspecified atom stereocenters. The van der Waals surface area contributed by atoms with Gasteiger partial charge in [-0.05, 0) is 33.6 Å². The maximum atomic E-state index is 12.1. The van der Waals surface area contributed by atoms with Gasteiger partial charge in [0.05, 0.1) is 5.54 Å². The molecule has 0 radical (unpaired) electrons.